The maximum Gasteiger partial charge on any atom is 0.257 e. The zero-order valence-corrected chi connectivity index (χ0v) is 12.6. The molecule has 3 N–H and O–H groups in total. The van der Waals surface area contributed by atoms with Crippen LogP contribution in [0.4, 0.5) is 5.69 Å². The van der Waals surface area contributed by atoms with E-state index in [0.717, 1.165) is 18.5 Å². The molecule has 0 spiro atoms. The van der Waals surface area contributed by atoms with Crippen LogP contribution in [0.15, 0.2) is 30.5 Å². The van der Waals surface area contributed by atoms with Crippen LogP contribution in [0.5, 0.6) is 5.75 Å². The van der Waals surface area contributed by atoms with Gasteiger partial charge in [0.25, 0.3) is 5.91 Å². The van der Waals surface area contributed by atoms with E-state index in [2.05, 4.69) is 10.3 Å². The summed E-state index contributed by atoms with van der Waals surface area (Å²) in [6, 6.07) is 6.85. The number of anilines is 1. The molecule has 0 saturated heterocycles. The van der Waals surface area contributed by atoms with Gasteiger partial charge in [-0.15, -0.1) is 0 Å². The zero-order valence-electron chi connectivity index (χ0n) is 12.6. The normalized spacial score (nSPS) is 13.5. The van der Waals surface area contributed by atoms with Crippen molar-refractivity contribution < 1.29 is 19.4 Å². The highest BCUT2D eigenvalue weighted by Gasteiger charge is 2.25. The van der Waals surface area contributed by atoms with Gasteiger partial charge in [0.2, 0.25) is 0 Å². The molecule has 0 atom stereocenters. The third-order valence-electron chi connectivity index (χ3n) is 3.79. The van der Waals surface area contributed by atoms with Crippen LogP contribution in [0.1, 0.15) is 39.3 Å². The lowest BCUT2D eigenvalue weighted by Gasteiger charge is -2.12. The summed E-state index contributed by atoms with van der Waals surface area (Å²) in [6.07, 6.45) is 3.71. The predicted molar refractivity (Wildman–Crippen MR) is 85.0 cm³/mol. The second kappa shape index (κ2) is 6.66. The highest BCUT2D eigenvalue weighted by atomic mass is 16.5. The second-order valence-electron chi connectivity index (χ2n) is 5.38. The molecule has 0 bridgehead atoms. The maximum absolute atomic E-state index is 12.4. The first-order valence-electron chi connectivity index (χ1n) is 7.57. The van der Waals surface area contributed by atoms with E-state index in [-0.39, 0.29) is 24.9 Å². The van der Waals surface area contributed by atoms with Crippen molar-refractivity contribution in [3.05, 3.63) is 47.3 Å². The Balaban J connectivity index is 1.72. The second-order valence-corrected chi connectivity index (χ2v) is 5.38. The monoisotopic (exact) mass is 314 g/mol. The van der Waals surface area contributed by atoms with Crippen LogP contribution in [-0.2, 0) is 6.42 Å². The Morgan fingerprint density at radius 1 is 1.26 bits per heavy atom. The van der Waals surface area contributed by atoms with E-state index < -0.39 is 0 Å². The lowest BCUT2D eigenvalue weighted by atomic mass is 9.93. The van der Waals surface area contributed by atoms with Crippen molar-refractivity contribution in [1.82, 2.24) is 4.98 Å². The molecule has 6 heteroatoms. The zero-order chi connectivity index (χ0) is 16.2. The van der Waals surface area contributed by atoms with Gasteiger partial charge in [-0.1, -0.05) is 0 Å². The SMILES string of the molecule is O=C(Nc1ccc(OCCO)cc1)c1c[nH]c2c1C(=O)CCC2. The standard InChI is InChI=1S/C17H18N2O4/c20-8-9-23-12-6-4-11(5-7-12)19-17(22)13-10-18-14-2-1-3-15(21)16(13)14/h4-7,10,18,20H,1-3,8-9H2,(H,19,22). The smallest absolute Gasteiger partial charge is 0.257 e. The minimum atomic E-state index is -0.304. The third kappa shape index (κ3) is 3.27. The quantitative estimate of drug-likeness (QED) is 0.788. The maximum atomic E-state index is 12.4. The highest BCUT2D eigenvalue weighted by Crippen LogP contribution is 2.25. The number of hydrogen-bond acceptors (Lipinski definition) is 4. The summed E-state index contributed by atoms with van der Waals surface area (Å²) in [4.78, 5) is 27.5. The first-order valence-corrected chi connectivity index (χ1v) is 7.57. The summed E-state index contributed by atoms with van der Waals surface area (Å²) in [6.45, 7) is 0.175. The molecule has 0 saturated carbocycles. The Kier molecular flexibility index (Phi) is 4.43. The number of ether oxygens (including phenoxy) is 1. The number of aliphatic hydroxyl groups is 1. The van der Waals surface area contributed by atoms with Crippen LogP contribution in [0.3, 0.4) is 0 Å². The number of aromatic amines is 1. The summed E-state index contributed by atoms with van der Waals surface area (Å²) < 4.78 is 5.26. The predicted octanol–water partition coefficient (Wildman–Crippen LogP) is 2.16. The van der Waals surface area contributed by atoms with Gasteiger partial charge < -0.3 is 20.1 Å². The van der Waals surface area contributed by atoms with Crippen LogP contribution in [0.25, 0.3) is 0 Å². The van der Waals surface area contributed by atoms with Crippen LogP contribution < -0.4 is 10.1 Å². The summed E-state index contributed by atoms with van der Waals surface area (Å²) in [5, 5.41) is 11.5. The van der Waals surface area contributed by atoms with E-state index >= 15 is 0 Å². The largest absolute Gasteiger partial charge is 0.491 e. The summed E-state index contributed by atoms with van der Waals surface area (Å²) in [7, 11) is 0. The molecule has 1 aromatic heterocycles. The molecule has 1 aliphatic carbocycles. The van der Waals surface area contributed by atoms with Gasteiger partial charge in [0.15, 0.2) is 5.78 Å². The van der Waals surface area contributed by atoms with E-state index in [9.17, 15) is 9.59 Å². The minimum absolute atomic E-state index is 0.0189. The number of nitrogens with one attached hydrogen (secondary N) is 2. The fraction of sp³-hybridized carbons (Fsp3) is 0.294. The number of H-pyrrole nitrogens is 1. The first kappa shape index (κ1) is 15.3. The van der Waals surface area contributed by atoms with Crippen molar-refractivity contribution in [2.24, 2.45) is 0 Å². The van der Waals surface area contributed by atoms with Crippen molar-refractivity contribution in [2.75, 3.05) is 18.5 Å². The van der Waals surface area contributed by atoms with Gasteiger partial charge in [-0.05, 0) is 37.1 Å². The molecule has 0 fully saturated rings. The van der Waals surface area contributed by atoms with E-state index in [0.29, 0.717) is 29.0 Å². The van der Waals surface area contributed by atoms with Gasteiger partial charge in [0.05, 0.1) is 17.7 Å². The average Bonchev–Trinajstić information content (AvgIpc) is 3.00. The number of fused-ring (bicyclic) bond motifs is 1. The van der Waals surface area contributed by atoms with E-state index in [1.54, 1.807) is 30.5 Å². The molecule has 0 aliphatic heterocycles. The molecule has 6 nitrogen and oxygen atoms in total. The Morgan fingerprint density at radius 3 is 2.78 bits per heavy atom. The van der Waals surface area contributed by atoms with Crippen LogP contribution >= 0.6 is 0 Å². The molecule has 3 rings (SSSR count). The summed E-state index contributed by atoms with van der Waals surface area (Å²) in [5.74, 6) is 0.332. The van der Waals surface area contributed by atoms with Crippen molar-refractivity contribution in [1.29, 1.82) is 0 Å². The number of rotatable bonds is 5. The van der Waals surface area contributed by atoms with Gasteiger partial charge in [-0.3, -0.25) is 9.59 Å². The first-order chi connectivity index (χ1) is 11.2. The number of amides is 1. The van der Waals surface area contributed by atoms with Gasteiger partial charge >= 0.3 is 0 Å². The molecule has 0 radical (unpaired) electrons. The van der Waals surface area contributed by atoms with Crippen molar-refractivity contribution in [2.45, 2.75) is 19.3 Å². The lowest BCUT2D eigenvalue weighted by Crippen LogP contribution is -2.17. The highest BCUT2D eigenvalue weighted by molar-refractivity contribution is 6.13. The number of benzene rings is 1. The Morgan fingerprint density at radius 2 is 2.04 bits per heavy atom. The van der Waals surface area contributed by atoms with Gasteiger partial charge in [0.1, 0.15) is 12.4 Å². The molecular weight excluding hydrogens is 296 g/mol. The van der Waals surface area contributed by atoms with E-state index in [4.69, 9.17) is 9.84 Å². The fourth-order valence-electron chi connectivity index (χ4n) is 2.71. The summed E-state index contributed by atoms with van der Waals surface area (Å²) >= 11 is 0. The minimum Gasteiger partial charge on any atom is -0.491 e. The molecule has 23 heavy (non-hydrogen) atoms. The number of carbonyl (C=O) groups is 2. The van der Waals surface area contributed by atoms with Crippen LogP contribution in [0, 0.1) is 0 Å². The number of aliphatic hydroxyl groups excluding tert-OH is 1. The molecule has 0 unspecified atom stereocenters. The number of Topliss-reactive ketones (excluding diaryl/α,β-unsaturated/α-hetero) is 1. The van der Waals surface area contributed by atoms with Gasteiger partial charge in [-0.2, -0.15) is 0 Å². The van der Waals surface area contributed by atoms with Crippen LogP contribution in [-0.4, -0.2) is 35.0 Å². The van der Waals surface area contributed by atoms with Gasteiger partial charge in [-0.25, -0.2) is 0 Å². The third-order valence-corrected chi connectivity index (χ3v) is 3.79. The number of ketones is 1. The number of aromatic nitrogens is 1. The Hall–Kier alpha value is -2.60. The van der Waals surface area contributed by atoms with Crippen LogP contribution in [0.2, 0.25) is 0 Å². The number of carbonyl (C=O) groups excluding carboxylic acids is 2. The number of hydrogen-bond donors (Lipinski definition) is 3. The average molecular weight is 314 g/mol. The molecule has 1 amide bonds. The molecular formula is C17H18N2O4. The fourth-order valence-corrected chi connectivity index (χ4v) is 2.71. The van der Waals surface area contributed by atoms with Crippen molar-refractivity contribution >= 4 is 17.4 Å². The van der Waals surface area contributed by atoms with Crippen molar-refractivity contribution in [3.8, 4) is 5.75 Å². The Labute approximate surface area is 133 Å². The topological polar surface area (TPSA) is 91.4 Å². The molecule has 1 aromatic carbocycles. The van der Waals surface area contributed by atoms with E-state index in [1.807, 2.05) is 0 Å². The molecule has 2 aromatic rings. The molecule has 1 heterocycles. The summed E-state index contributed by atoms with van der Waals surface area (Å²) in [5.41, 5.74) is 2.38. The molecule has 1 aliphatic rings. The van der Waals surface area contributed by atoms with Crippen molar-refractivity contribution in [3.63, 3.8) is 0 Å². The molecule has 120 valence electrons. The lowest BCUT2D eigenvalue weighted by molar-refractivity contribution is 0.0956. The Bertz CT molecular complexity index is 719. The van der Waals surface area contributed by atoms with E-state index in [1.165, 1.54) is 0 Å². The van der Waals surface area contributed by atoms with Gasteiger partial charge in [0, 0.05) is 24.0 Å². The number of aryl methyl sites for hydroxylation is 1.